The fraction of sp³-hybridized carbons (Fsp3) is 0.471. The van der Waals surface area contributed by atoms with E-state index in [0.717, 1.165) is 16.9 Å². The number of aromatic amines is 1. The van der Waals surface area contributed by atoms with E-state index < -0.39 is 6.04 Å². The SMILES string of the molecule is C[C@@H](NC(=O)CSCc1nc2ccccc2[nH]1)C(=O)NC(C)(C)C. The van der Waals surface area contributed by atoms with Crippen molar-refractivity contribution in [3.63, 3.8) is 0 Å². The first kappa shape index (κ1) is 18.3. The minimum atomic E-state index is -0.552. The summed E-state index contributed by atoms with van der Waals surface area (Å²) in [4.78, 5) is 31.6. The van der Waals surface area contributed by atoms with Crippen molar-refractivity contribution < 1.29 is 9.59 Å². The number of amides is 2. The third-order valence-electron chi connectivity index (χ3n) is 3.18. The summed E-state index contributed by atoms with van der Waals surface area (Å²) >= 11 is 1.46. The third-order valence-corrected chi connectivity index (χ3v) is 4.12. The Morgan fingerprint density at radius 2 is 2.00 bits per heavy atom. The summed E-state index contributed by atoms with van der Waals surface area (Å²) in [6.45, 7) is 7.40. The number of para-hydroxylation sites is 2. The van der Waals surface area contributed by atoms with Crippen LogP contribution >= 0.6 is 11.8 Å². The predicted octanol–water partition coefficient (Wildman–Crippen LogP) is 2.22. The molecule has 6 nitrogen and oxygen atoms in total. The first-order valence-corrected chi connectivity index (χ1v) is 9.03. The van der Waals surface area contributed by atoms with Crippen LogP contribution in [0.2, 0.25) is 0 Å². The topological polar surface area (TPSA) is 86.9 Å². The summed E-state index contributed by atoms with van der Waals surface area (Å²) in [5.41, 5.74) is 1.60. The van der Waals surface area contributed by atoms with Crippen LogP contribution in [0.25, 0.3) is 11.0 Å². The van der Waals surface area contributed by atoms with Gasteiger partial charge in [-0.15, -0.1) is 11.8 Å². The van der Waals surface area contributed by atoms with Crippen LogP contribution in [0.3, 0.4) is 0 Å². The van der Waals surface area contributed by atoms with Gasteiger partial charge in [-0.1, -0.05) is 12.1 Å². The first-order valence-electron chi connectivity index (χ1n) is 7.87. The molecule has 0 aliphatic rings. The Morgan fingerprint density at radius 3 is 2.67 bits per heavy atom. The number of hydrogen-bond acceptors (Lipinski definition) is 4. The molecule has 130 valence electrons. The molecular formula is C17H24N4O2S. The zero-order valence-electron chi connectivity index (χ0n) is 14.5. The molecule has 0 aliphatic heterocycles. The minimum Gasteiger partial charge on any atom is -0.350 e. The van der Waals surface area contributed by atoms with Crippen LogP contribution in [-0.4, -0.2) is 39.1 Å². The normalized spacial score (nSPS) is 12.8. The predicted molar refractivity (Wildman–Crippen MR) is 97.8 cm³/mol. The second kappa shape index (κ2) is 7.70. The van der Waals surface area contributed by atoms with Gasteiger partial charge in [0.2, 0.25) is 11.8 Å². The zero-order chi connectivity index (χ0) is 17.7. The van der Waals surface area contributed by atoms with Crippen LogP contribution in [-0.2, 0) is 15.3 Å². The van der Waals surface area contributed by atoms with Crippen molar-refractivity contribution in [2.75, 3.05) is 5.75 Å². The fourth-order valence-corrected chi connectivity index (χ4v) is 2.84. The number of nitrogens with zero attached hydrogens (tertiary/aromatic N) is 1. The summed E-state index contributed by atoms with van der Waals surface area (Å²) in [6, 6.07) is 7.26. The van der Waals surface area contributed by atoms with Crippen molar-refractivity contribution in [3.05, 3.63) is 30.1 Å². The molecule has 0 radical (unpaired) electrons. The Labute approximate surface area is 146 Å². The standard InChI is InChI=1S/C17H24N4O2S/c1-11(16(23)21-17(2,3)4)18-15(22)10-24-9-14-19-12-7-5-6-8-13(12)20-14/h5-8,11H,9-10H2,1-4H3,(H,18,22)(H,19,20)(H,21,23)/t11-/m1/s1. The second-order valence-electron chi connectivity index (χ2n) is 6.72. The molecule has 1 aromatic carbocycles. The smallest absolute Gasteiger partial charge is 0.242 e. The van der Waals surface area contributed by atoms with Crippen LogP contribution in [0.15, 0.2) is 24.3 Å². The van der Waals surface area contributed by atoms with Gasteiger partial charge in [-0.05, 0) is 39.8 Å². The van der Waals surface area contributed by atoms with E-state index in [1.807, 2.05) is 45.0 Å². The van der Waals surface area contributed by atoms with Gasteiger partial charge >= 0.3 is 0 Å². The fourth-order valence-electron chi connectivity index (χ4n) is 2.14. The van der Waals surface area contributed by atoms with Gasteiger partial charge < -0.3 is 15.6 Å². The second-order valence-corrected chi connectivity index (χ2v) is 7.71. The van der Waals surface area contributed by atoms with E-state index in [4.69, 9.17) is 0 Å². The number of rotatable bonds is 6. The lowest BCUT2D eigenvalue weighted by Crippen LogP contribution is -2.51. The first-order chi connectivity index (χ1) is 11.2. The summed E-state index contributed by atoms with van der Waals surface area (Å²) in [5, 5.41) is 5.56. The van der Waals surface area contributed by atoms with Crippen LogP contribution < -0.4 is 10.6 Å². The summed E-state index contributed by atoms with van der Waals surface area (Å²) < 4.78 is 0. The molecule has 0 spiro atoms. The van der Waals surface area contributed by atoms with Crippen molar-refractivity contribution >= 4 is 34.6 Å². The highest BCUT2D eigenvalue weighted by Gasteiger charge is 2.20. The Hall–Kier alpha value is -2.02. The number of fused-ring (bicyclic) bond motifs is 1. The maximum Gasteiger partial charge on any atom is 0.242 e. The molecule has 0 unspecified atom stereocenters. The van der Waals surface area contributed by atoms with Crippen molar-refractivity contribution in [1.29, 1.82) is 0 Å². The Bertz CT molecular complexity index is 688. The molecule has 1 heterocycles. The molecule has 3 N–H and O–H groups in total. The quantitative estimate of drug-likeness (QED) is 0.747. The van der Waals surface area contributed by atoms with E-state index in [9.17, 15) is 9.59 Å². The zero-order valence-corrected chi connectivity index (χ0v) is 15.3. The van der Waals surface area contributed by atoms with E-state index >= 15 is 0 Å². The largest absolute Gasteiger partial charge is 0.350 e. The summed E-state index contributed by atoms with van der Waals surface area (Å²) in [7, 11) is 0. The molecular weight excluding hydrogens is 324 g/mol. The highest BCUT2D eigenvalue weighted by atomic mass is 32.2. The van der Waals surface area contributed by atoms with Gasteiger partial charge in [0, 0.05) is 5.54 Å². The molecule has 2 aromatic rings. The number of benzene rings is 1. The molecule has 2 amide bonds. The summed E-state index contributed by atoms with van der Waals surface area (Å²) in [6.07, 6.45) is 0. The van der Waals surface area contributed by atoms with E-state index in [0.29, 0.717) is 5.75 Å². The molecule has 7 heteroatoms. The lowest BCUT2D eigenvalue weighted by atomic mass is 10.1. The van der Waals surface area contributed by atoms with Crippen molar-refractivity contribution in [1.82, 2.24) is 20.6 Å². The molecule has 0 fully saturated rings. The summed E-state index contributed by atoms with van der Waals surface area (Å²) in [5.74, 6) is 1.40. The molecule has 1 aromatic heterocycles. The molecule has 0 bridgehead atoms. The monoisotopic (exact) mass is 348 g/mol. The lowest BCUT2D eigenvalue weighted by Gasteiger charge is -2.23. The van der Waals surface area contributed by atoms with E-state index in [1.165, 1.54) is 11.8 Å². The van der Waals surface area contributed by atoms with Gasteiger partial charge in [0.05, 0.1) is 22.5 Å². The van der Waals surface area contributed by atoms with Crippen LogP contribution in [0.1, 0.15) is 33.5 Å². The number of imidazole rings is 1. The highest BCUT2D eigenvalue weighted by Crippen LogP contribution is 2.14. The molecule has 2 rings (SSSR count). The molecule has 0 saturated carbocycles. The number of nitrogens with one attached hydrogen (secondary N) is 3. The van der Waals surface area contributed by atoms with Crippen molar-refractivity contribution in [2.24, 2.45) is 0 Å². The third kappa shape index (κ3) is 5.56. The Balaban J connectivity index is 1.75. The number of carbonyl (C=O) groups is 2. The van der Waals surface area contributed by atoms with Gasteiger partial charge in [-0.3, -0.25) is 9.59 Å². The van der Waals surface area contributed by atoms with E-state index in [1.54, 1.807) is 6.92 Å². The van der Waals surface area contributed by atoms with Crippen LogP contribution in [0, 0.1) is 0 Å². The van der Waals surface area contributed by atoms with Crippen molar-refractivity contribution in [3.8, 4) is 0 Å². The number of thioether (sulfide) groups is 1. The average Bonchev–Trinajstić information content (AvgIpc) is 2.87. The lowest BCUT2D eigenvalue weighted by molar-refractivity contribution is -0.128. The number of aromatic nitrogens is 2. The van der Waals surface area contributed by atoms with Gasteiger partial charge in [0.1, 0.15) is 11.9 Å². The minimum absolute atomic E-state index is 0.160. The van der Waals surface area contributed by atoms with E-state index in [2.05, 4.69) is 20.6 Å². The van der Waals surface area contributed by atoms with Gasteiger partial charge in [0.15, 0.2) is 0 Å². The molecule has 0 saturated heterocycles. The van der Waals surface area contributed by atoms with Crippen LogP contribution in [0.4, 0.5) is 0 Å². The van der Waals surface area contributed by atoms with Gasteiger partial charge in [-0.2, -0.15) is 0 Å². The van der Waals surface area contributed by atoms with Gasteiger partial charge in [-0.25, -0.2) is 4.98 Å². The maximum absolute atomic E-state index is 11.9. The van der Waals surface area contributed by atoms with Crippen LogP contribution in [0.5, 0.6) is 0 Å². The number of H-pyrrole nitrogens is 1. The Morgan fingerprint density at radius 1 is 1.29 bits per heavy atom. The average molecular weight is 348 g/mol. The highest BCUT2D eigenvalue weighted by molar-refractivity contribution is 7.99. The maximum atomic E-state index is 11.9. The van der Waals surface area contributed by atoms with Gasteiger partial charge in [0.25, 0.3) is 0 Å². The Kier molecular flexibility index (Phi) is 5.88. The number of carbonyl (C=O) groups excluding carboxylic acids is 2. The molecule has 0 aliphatic carbocycles. The molecule has 24 heavy (non-hydrogen) atoms. The molecule has 1 atom stereocenters. The van der Waals surface area contributed by atoms with Crippen molar-refractivity contribution in [2.45, 2.75) is 45.0 Å². The number of hydrogen-bond donors (Lipinski definition) is 3. The van der Waals surface area contributed by atoms with E-state index in [-0.39, 0.29) is 23.1 Å².